The van der Waals surface area contributed by atoms with E-state index in [9.17, 15) is 0 Å². The second-order valence-corrected chi connectivity index (χ2v) is 6.08. The van der Waals surface area contributed by atoms with Crippen LogP contribution in [0.15, 0.2) is 42.5 Å². The average Bonchev–Trinajstić information content (AvgIpc) is 2.42. The molecule has 2 nitrogen and oxygen atoms in total. The number of aryl methyl sites for hydroxylation is 1. The van der Waals surface area contributed by atoms with Gasteiger partial charge in [0.1, 0.15) is 11.5 Å². The molecule has 0 bridgehead atoms. The third-order valence-corrected chi connectivity index (χ3v) is 3.42. The maximum absolute atomic E-state index is 6.31. The molecule has 2 aromatic rings. The molecule has 0 aliphatic heterocycles. The summed E-state index contributed by atoms with van der Waals surface area (Å²) in [5.74, 6) is 2.17. The summed E-state index contributed by atoms with van der Waals surface area (Å²) < 4.78 is 6.01. The molecule has 3 heteroatoms. The van der Waals surface area contributed by atoms with Crippen LogP contribution in [0.25, 0.3) is 0 Å². The third-order valence-electron chi connectivity index (χ3n) is 3.13. The standard InChI is InChI=1S/C18H22ClNO/c1-13(2)11-20-12-15-7-5-9-17(19)18(15)21-16-8-4-6-14(3)10-16/h4-10,13,20H,11-12H2,1-3H3. The number of para-hydroxylation sites is 1. The van der Waals surface area contributed by atoms with Crippen molar-refractivity contribution in [3.63, 3.8) is 0 Å². The van der Waals surface area contributed by atoms with Crippen LogP contribution in [0.2, 0.25) is 5.02 Å². The minimum Gasteiger partial charge on any atom is -0.455 e. The van der Waals surface area contributed by atoms with Gasteiger partial charge in [0.15, 0.2) is 0 Å². The lowest BCUT2D eigenvalue weighted by Crippen LogP contribution is -2.19. The molecular weight excluding hydrogens is 282 g/mol. The van der Waals surface area contributed by atoms with Gasteiger partial charge in [0.05, 0.1) is 5.02 Å². The van der Waals surface area contributed by atoms with Crippen LogP contribution >= 0.6 is 11.6 Å². The summed E-state index contributed by atoms with van der Waals surface area (Å²) in [7, 11) is 0. The van der Waals surface area contributed by atoms with Crippen LogP contribution in [0.4, 0.5) is 0 Å². The Labute approximate surface area is 132 Å². The molecule has 0 aliphatic rings. The van der Waals surface area contributed by atoms with Gasteiger partial charge in [-0.1, -0.05) is 49.7 Å². The third kappa shape index (κ3) is 4.76. The van der Waals surface area contributed by atoms with Crippen LogP contribution in [0.3, 0.4) is 0 Å². The first-order valence-corrected chi connectivity index (χ1v) is 7.66. The minimum atomic E-state index is 0.616. The van der Waals surface area contributed by atoms with Gasteiger partial charge in [-0.2, -0.15) is 0 Å². The SMILES string of the molecule is Cc1cccc(Oc2c(Cl)cccc2CNCC(C)C)c1. The molecule has 0 saturated heterocycles. The molecule has 0 fully saturated rings. The summed E-state index contributed by atoms with van der Waals surface area (Å²) in [6, 6.07) is 13.8. The van der Waals surface area contributed by atoms with Crippen molar-refractivity contribution in [2.24, 2.45) is 5.92 Å². The molecule has 0 unspecified atom stereocenters. The van der Waals surface area contributed by atoms with Crippen LogP contribution in [-0.4, -0.2) is 6.54 Å². The highest BCUT2D eigenvalue weighted by Crippen LogP contribution is 2.33. The largest absolute Gasteiger partial charge is 0.455 e. The lowest BCUT2D eigenvalue weighted by atomic mass is 10.1. The summed E-state index contributed by atoms with van der Waals surface area (Å²) >= 11 is 6.31. The van der Waals surface area contributed by atoms with Crippen molar-refractivity contribution < 1.29 is 4.74 Å². The Kier molecular flexibility index (Phi) is 5.66. The molecule has 0 amide bonds. The van der Waals surface area contributed by atoms with Gasteiger partial charge < -0.3 is 10.1 Å². The summed E-state index contributed by atoms with van der Waals surface area (Å²) in [4.78, 5) is 0. The van der Waals surface area contributed by atoms with Crippen molar-refractivity contribution in [2.75, 3.05) is 6.54 Å². The summed E-state index contributed by atoms with van der Waals surface area (Å²) in [6.07, 6.45) is 0. The van der Waals surface area contributed by atoms with E-state index in [0.717, 1.165) is 30.2 Å². The first kappa shape index (κ1) is 15.9. The molecule has 2 rings (SSSR count). The molecule has 0 heterocycles. The average molecular weight is 304 g/mol. The van der Waals surface area contributed by atoms with Gasteiger partial charge in [-0.3, -0.25) is 0 Å². The quantitative estimate of drug-likeness (QED) is 0.793. The van der Waals surface area contributed by atoms with Crippen molar-refractivity contribution in [1.29, 1.82) is 0 Å². The van der Waals surface area contributed by atoms with Crippen LogP contribution in [0.5, 0.6) is 11.5 Å². The zero-order valence-corrected chi connectivity index (χ0v) is 13.6. The fraction of sp³-hybridized carbons (Fsp3) is 0.333. The Hall–Kier alpha value is -1.51. The number of nitrogens with one attached hydrogen (secondary N) is 1. The van der Waals surface area contributed by atoms with E-state index in [1.807, 2.05) is 49.4 Å². The predicted molar refractivity (Wildman–Crippen MR) is 89.2 cm³/mol. The minimum absolute atomic E-state index is 0.616. The van der Waals surface area contributed by atoms with Crippen LogP contribution in [0, 0.1) is 12.8 Å². The van der Waals surface area contributed by atoms with Crippen molar-refractivity contribution in [3.8, 4) is 11.5 Å². The smallest absolute Gasteiger partial charge is 0.150 e. The number of hydrogen-bond acceptors (Lipinski definition) is 2. The molecule has 2 aromatic carbocycles. The van der Waals surface area contributed by atoms with E-state index >= 15 is 0 Å². The van der Waals surface area contributed by atoms with Gasteiger partial charge in [0.2, 0.25) is 0 Å². The Morgan fingerprint density at radius 1 is 1.14 bits per heavy atom. The highest BCUT2D eigenvalue weighted by atomic mass is 35.5. The fourth-order valence-corrected chi connectivity index (χ4v) is 2.33. The van der Waals surface area contributed by atoms with E-state index in [2.05, 4.69) is 19.2 Å². The zero-order chi connectivity index (χ0) is 15.2. The van der Waals surface area contributed by atoms with Crippen LogP contribution < -0.4 is 10.1 Å². The van der Waals surface area contributed by atoms with E-state index < -0.39 is 0 Å². The van der Waals surface area contributed by atoms with E-state index in [0.29, 0.717) is 10.9 Å². The predicted octanol–water partition coefficient (Wildman–Crippen LogP) is 5.19. The topological polar surface area (TPSA) is 21.3 Å². The van der Waals surface area contributed by atoms with Crippen molar-refractivity contribution in [3.05, 3.63) is 58.6 Å². The maximum atomic E-state index is 6.31. The highest BCUT2D eigenvalue weighted by molar-refractivity contribution is 6.32. The molecule has 112 valence electrons. The molecular formula is C18H22ClNO. The van der Waals surface area contributed by atoms with Gasteiger partial charge in [-0.15, -0.1) is 0 Å². The summed E-state index contributed by atoms with van der Waals surface area (Å²) in [5, 5.41) is 4.07. The van der Waals surface area contributed by atoms with Crippen LogP contribution in [0.1, 0.15) is 25.0 Å². The molecule has 0 spiro atoms. The lowest BCUT2D eigenvalue weighted by molar-refractivity contribution is 0.469. The first-order valence-electron chi connectivity index (χ1n) is 7.29. The van der Waals surface area contributed by atoms with Gasteiger partial charge in [0.25, 0.3) is 0 Å². The first-order chi connectivity index (χ1) is 10.1. The van der Waals surface area contributed by atoms with E-state index in [-0.39, 0.29) is 0 Å². The molecule has 0 saturated carbocycles. The lowest BCUT2D eigenvalue weighted by Gasteiger charge is -2.14. The Morgan fingerprint density at radius 2 is 1.90 bits per heavy atom. The molecule has 0 atom stereocenters. The second kappa shape index (κ2) is 7.48. The zero-order valence-electron chi connectivity index (χ0n) is 12.8. The Balaban J connectivity index is 2.17. The Bertz CT molecular complexity index is 596. The number of halogens is 1. The second-order valence-electron chi connectivity index (χ2n) is 5.67. The molecule has 0 aromatic heterocycles. The van der Waals surface area contributed by atoms with E-state index in [1.165, 1.54) is 5.56 Å². The molecule has 0 radical (unpaired) electrons. The van der Waals surface area contributed by atoms with Crippen LogP contribution in [-0.2, 0) is 6.54 Å². The summed E-state index contributed by atoms with van der Waals surface area (Å²) in [5.41, 5.74) is 2.24. The van der Waals surface area contributed by atoms with E-state index in [4.69, 9.17) is 16.3 Å². The monoisotopic (exact) mass is 303 g/mol. The highest BCUT2D eigenvalue weighted by Gasteiger charge is 2.10. The van der Waals surface area contributed by atoms with Gasteiger partial charge >= 0.3 is 0 Å². The van der Waals surface area contributed by atoms with Gasteiger partial charge in [-0.05, 0) is 43.1 Å². The van der Waals surface area contributed by atoms with E-state index in [1.54, 1.807) is 0 Å². The normalized spacial score (nSPS) is 10.9. The summed E-state index contributed by atoms with van der Waals surface area (Å²) in [6.45, 7) is 8.14. The van der Waals surface area contributed by atoms with Crippen molar-refractivity contribution in [1.82, 2.24) is 5.32 Å². The molecule has 21 heavy (non-hydrogen) atoms. The maximum Gasteiger partial charge on any atom is 0.150 e. The Morgan fingerprint density at radius 3 is 2.62 bits per heavy atom. The fourth-order valence-electron chi connectivity index (χ4n) is 2.10. The molecule has 0 aliphatic carbocycles. The van der Waals surface area contributed by atoms with Gasteiger partial charge in [0, 0.05) is 12.1 Å². The number of rotatable bonds is 6. The van der Waals surface area contributed by atoms with Crippen molar-refractivity contribution in [2.45, 2.75) is 27.3 Å². The molecule has 1 N–H and O–H groups in total. The number of benzene rings is 2. The number of ether oxygens (including phenoxy) is 1. The number of hydrogen-bond donors (Lipinski definition) is 1. The van der Waals surface area contributed by atoms with Crippen molar-refractivity contribution >= 4 is 11.6 Å². The van der Waals surface area contributed by atoms with Gasteiger partial charge in [-0.25, -0.2) is 0 Å².